The van der Waals surface area contributed by atoms with Crippen molar-refractivity contribution in [3.8, 4) is 0 Å². The molecule has 1 heterocycles. The first-order chi connectivity index (χ1) is 9.51. The molecule has 0 bridgehead atoms. The fourth-order valence-electron chi connectivity index (χ4n) is 2.10. The molecular formula is C15H19N3O2. The van der Waals surface area contributed by atoms with E-state index in [9.17, 15) is 9.59 Å². The van der Waals surface area contributed by atoms with Crippen molar-refractivity contribution in [2.75, 3.05) is 17.2 Å². The number of amides is 2. The Bertz CT molecular complexity index is 566. The first kappa shape index (κ1) is 14.1. The van der Waals surface area contributed by atoms with Gasteiger partial charge in [0.1, 0.15) is 6.04 Å². The van der Waals surface area contributed by atoms with E-state index in [4.69, 9.17) is 0 Å². The molecule has 20 heavy (non-hydrogen) atoms. The largest absolute Gasteiger partial charge is 0.372 e. The second kappa shape index (κ2) is 5.77. The minimum Gasteiger partial charge on any atom is -0.372 e. The van der Waals surface area contributed by atoms with Crippen LogP contribution in [0.5, 0.6) is 0 Å². The summed E-state index contributed by atoms with van der Waals surface area (Å²) in [6.07, 6.45) is 1.71. The monoisotopic (exact) mass is 273 g/mol. The van der Waals surface area contributed by atoms with Crippen molar-refractivity contribution in [3.05, 3.63) is 35.9 Å². The van der Waals surface area contributed by atoms with E-state index < -0.39 is 6.04 Å². The first-order valence-electron chi connectivity index (χ1n) is 6.57. The van der Waals surface area contributed by atoms with Gasteiger partial charge in [-0.3, -0.25) is 9.59 Å². The van der Waals surface area contributed by atoms with Crippen molar-refractivity contribution in [1.82, 2.24) is 5.32 Å². The van der Waals surface area contributed by atoms with Gasteiger partial charge < -0.3 is 16.0 Å². The number of hydrogen-bond donors (Lipinski definition) is 3. The topological polar surface area (TPSA) is 70.2 Å². The molecule has 0 radical (unpaired) electrons. The molecule has 5 nitrogen and oxygen atoms in total. The minimum absolute atomic E-state index is 0.103. The highest BCUT2D eigenvalue weighted by atomic mass is 16.2. The van der Waals surface area contributed by atoms with Crippen molar-refractivity contribution < 1.29 is 9.59 Å². The lowest BCUT2D eigenvalue weighted by molar-refractivity contribution is -0.124. The van der Waals surface area contributed by atoms with Gasteiger partial charge in [-0.25, -0.2) is 0 Å². The van der Waals surface area contributed by atoms with Gasteiger partial charge in [-0.05, 0) is 37.1 Å². The van der Waals surface area contributed by atoms with Crippen molar-refractivity contribution in [2.24, 2.45) is 0 Å². The lowest BCUT2D eigenvalue weighted by Gasteiger charge is -2.27. The Balaban J connectivity index is 2.11. The fourth-order valence-corrected chi connectivity index (χ4v) is 2.10. The lowest BCUT2D eigenvalue weighted by atomic mass is 10.0. The van der Waals surface area contributed by atoms with Gasteiger partial charge in [-0.1, -0.05) is 6.08 Å². The zero-order valence-corrected chi connectivity index (χ0v) is 11.7. The zero-order chi connectivity index (χ0) is 14.7. The third kappa shape index (κ3) is 2.99. The average molecular weight is 273 g/mol. The van der Waals surface area contributed by atoms with Crippen LogP contribution in [0.15, 0.2) is 24.8 Å². The van der Waals surface area contributed by atoms with Crippen LogP contribution in [0.3, 0.4) is 0 Å². The summed E-state index contributed by atoms with van der Waals surface area (Å²) >= 11 is 0. The molecule has 1 atom stereocenters. The van der Waals surface area contributed by atoms with Crippen LogP contribution in [0.1, 0.15) is 17.5 Å². The maximum Gasteiger partial charge on any atom is 0.247 e. The molecule has 1 aromatic carbocycles. The average Bonchev–Trinajstić information content (AvgIpc) is 2.40. The highest BCUT2D eigenvalue weighted by molar-refractivity contribution is 6.05. The quantitative estimate of drug-likeness (QED) is 0.732. The third-order valence-electron chi connectivity index (χ3n) is 3.37. The van der Waals surface area contributed by atoms with E-state index in [-0.39, 0.29) is 18.2 Å². The molecule has 2 amide bonds. The van der Waals surface area contributed by atoms with Crippen LogP contribution in [-0.2, 0) is 9.59 Å². The Kier molecular flexibility index (Phi) is 4.08. The standard InChI is InChI=1S/C15H19N3O2/c1-4-5-16-14(19)8-13-15(20)18-12-7-10(3)9(2)6-11(12)17-13/h4,6-7,13,17H,1,5,8H2,2-3H3,(H,16,19)(H,18,20). The van der Waals surface area contributed by atoms with E-state index in [1.165, 1.54) is 0 Å². The summed E-state index contributed by atoms with van der Waals surface area (Å²) in [7, 11) is 0. The summed E-state index contributed by atoms with van der Waals surface area (Å²) in [6, 6.07) is 3.37. The number of hydrogen-bond acceptors (Lipinski definition) is 3. The Morgan fingerprint density at radius 2 is 2.00 bits per heavy atom. The second-order valence-electron chi connectivity index (χ2n) is 4.97. The molecule has 2 rings (SSSR count). The number of fused-ring (bicyclic) bond motifs is 1. The highest BCUT2D eigenvalue weighted by Crippen LogP contribution is 2.30. The normalized spacial score (nSPS) is 16.7. The molecule has 0 saturated heterocycles. The molecule has 0 aliphatic carbocycles. The summed E-state index contributed by atoms with van der Waals surface area (Å²) in [6.45, 7) is 7.95. The predicted octanol–water partition coefficient (Wildman–Crippen LogP) is 1.73. The van der Waals surface area contributed by atoms with Crippen LogP contribution in [0.4, 0.5) is 11.4 Å². The van der Waals surface area contributed by atoms with Crippen LogP contribution >= 0.6 is 0 Å². The van der Waals surface area contributed by atoms with Gasteiger partial charge in [0, 0.05) is 6.54 Å². The Morgan fingerprint density at radius 1 is 1.35 bits per heavy atom. The highest BCUT2D eigenvalue weighted by Gasteiger charge is 2.27. The van der Waals surface area contributed by atoms with Crippen molar-refractivity contribution in [3.63, 3.8) is 0 Å². The van der Waals surface area contributed by atoms with E-state index in [0.29, 0.717) is 6.54 Å². The molecule has 5 heteroatoms. The Morgan fingerprint density at radius 3 is 2.65 bits per heavy atom. The predicted molar refractivity (Wildman–Crippen MR) is 79.8 cm³/mol. The number of nitrogens with one attached hydrogen (secondary N) is 3. The summed E-state index contributed by atoms with van der Waals surface area (Å²) < 4.78 is 0. The van der Waals surface area contributed by atoms with Gasteiger partial charge in [0.15, 0.2) is 0 Å². The molecule has 3 N–H and O–H groups in total. The van der Waals surface area contributed by atoms with E-state index in [1.54, 1.807) is 6.08 Å². The van der Waals surface area contributed by atoms with E-state index in [2.05, 4.69) is 22.5 Å². The molecule has 0 saturated carbocycles. The smallest absolute Gasteiger partial charge is 0.247 e. The Labute approximate surface area is 118 Å². The molecule has 106 valence electrons. The summed E-state index contributed by atoms with van der Waals surface area (Å²) in [5.74, 6) is -0.362. The van der Waals surface area contributed by atoms with Crippen molar-refractivity contribution >= 4 is 23.2 Å². The fraction of sp³-hybridized carbons (Fsp3) is 0.333. The first-order valence-corrected chi connectivity index (χ1v) is 6.57. The number of aryl methyl sites for hydroxylation is 2. The van der Waals surface area contributed by atoms with Crippen LogP contribution < -0.4 is 16.0 Å². The number of anilines is 2. The van der Waals surface area contributed by atoms with E-state index in [1.807, 2.05) is 26.0 Å². The molecule has 1 unspecified atom stereocenters. The molecular weight excluding hydrogens is 254 g/mol. The van der Waals surface area contributed by atoms with E-state index >= 15 is 0 Å². The second-order valence-corrected chi connectivity index (χ2v) is 4.97. The van der Waals surface area contributed by atoms with Crippen LogP contribution in [0, 0.1) is 13.8 Å². The van der Waals surface area contributed by atoms with E-state index in [0.717, 1.165) is 22.5 Å². The van der Waals surface area contributed by atoms with Gasteiger partial charge in [-0.15, -0.1) is 6.58 Å². The summed E-state index contributed by atoms with van der Waals surface area (Å²) in [5, 5.41) is 8.63. The van der Waals surface area contributed by atoms with Crippen LogP contribution in [-0.4, -0.2) is 24.4 Å². The number of rotatable bonds is 4. The third-order valence-corrected chi connectivity index (χ3v) is 3.37. The molecule has 0 aromatic heterocycles. The van der Waals surface area contributed by atoms with Gasteiger partial charge in [0.2, 0.25) is 11.8 Å². The van der Waals surface area contributed by atoms with Crippen LogP contribution in [0.25, 0.3) is 0 Å². The number of benzene rings is 1. The van der Waals surface area contributed by atoms with Gasteiger partial charge >= 0.3 is 0 Å². The number of carbonyl (C=O) groups excluding carboxylic acids is 2. The number of carbonyl (C=O) groups is 2. The van der Waals surface area contributed by atoms with Gasteiger partial charge in [-0.2, -0.15) is 0 Å². The Hall–Kier alpha value is -2.30. The summed E-state index contributed by atoms with van der Waals surface area (Å²) in [4.78, 5) is 23.7. The SMILES string of the molecule is C=CCNC(=O)CC1Nc2cc(C)c(C)cc2NC1=O. The maximum atomic E-state index is 12.0. The van der Waals surface area contributed by atoms with Crippen molar-refractivity contribution in [2.45, 2.75) is 26.3 Å². The molecule has 1 aliphatic rings. The van der Waals surface area contributed by atoms with Gasteiger partial charge in [0.25, 0.3) is 0 Å². The molecule has 1 aromatic rings. The zero-order valence-electron chi connectivity index (χ0n) is 11.7. The maximum absolute atomic E-state index is 12.0. The summed E-state index contributed by atoms with van der Waals surface area (Å²) in [5.41, 5.74) is 3.88. The minimum atomic E-state index is -0.547. The molecule has 1 aliphatic heterocycles. The van der Waals surface area contributed by atoms with Crippen molar-refractivity contribution in [1.29, 1.82) is 0 Å². The lowest BCUT2D eigenvalue weighted by Crippen LogP contribution is -2.42. The molecule has 0 fully saturated rings. The molecule has 0 spiro atoms. The van der Waals surface area contributed by atoms with Crippen LogP contribution in [0.2, 0.25) is 0 Å². The van der Waals surface area contributed by atoms with Gasteiger partial charge in [0.05, 0.1) is 17.8 Å².